The molecule has 1 atom stereocenters. The maximum Gasteiger partial charge on any atom is 0.321 e. The van der Waals surface area contributed by atoms with Gasteiger partial charge in [0, 0.05) is 6.42 Å². The van der Waals surface area contributed by atoms with Crippen LogP contribution in [0.3, 0.4) is 0 Å². The first-order chi connectivity index (χ1) is 8.56. The Kier molecular flexibility index (Phi) is 5.65. The van der Waals surface area contributed by atoms with Crippen molar-refractivity contribution in [1.29, 1.82) is 0 Å². The Morgan fingerprint density at radius 1 is 1.39 bits per heavy atom. The summed E-state index contributed by atoms with van der Waals surface area (Å²) < 4.78 is 5.64. The van der Waals surface area contributed by atoms with Crippen LogP contribution < -0.4 is 4.74 Å². The maximum atomic E-state index is 11.2. The van der Waals surface area contributed by atoms with Crippen LogP contribution in [0, 0.1) is 0 Å². The van der Waals surface area contributed by atoms with Gasteiger partial charge in [-0.25, -0.2) is 0 Å². The van der Waals surface area contributed by atoms with Crippen LogP contribution in [-0.2, 0) is 11.2 Å². The molecule has 0 aliphatic heterocycles. The summed E-state index contributed by atoms with van der Waals surface area (Å²) in [5.41, 5.74) is 0.937. The molecule has 0 fully saturated rings. The minimum absolute atomic E-state index is 0.447. The van der Waals surface area contributed by atoms with Crippen LogP contribution in [0.5, 0.6) is 5.75 Å². The second kappa shape index (κ2) is 7.01. The molecule has 0 amide bonds. The van der Waals surface area contributed by atoms with Crippen molar-refractivity contribution in [1.82, 2.24) is 4.90 Å². The highest BCUT2D eigenvalue weighted by Crippen LogP contribution is 2.21. The second-order valence-corrected chi connectivity index (χ2v) is 4.48. The van der Waals surface area contributed by atoms with E-state index in [1.54, 1.807) is 19.0 Å². The van der Waals surface area contributed by atoms with Crippen molar-refractivity contribution in [2.24, 2.45) is 0 Å². The number of aliphatic carboxylic acids is 1. The number of carboxylic acids is 1. The predicted octanol–water partition coefficient (Wildman–Crippen LogP) is 2.03. The van der Waals surface area contributed by atoms with E-state index in [0.717, 1.165) is 17.7 Å². The Morgan fingerprint density at radius 2 is 2.06 bits per heavy atom. The summed E-state index contributed by atoms with van der Waals surface area (Å²) in [6.45, 7) is 2.69. The van der Waals surface area contributed by atoms with E-state index in [0.29, 0.717) is 13.0 Å². The number of rotatable bonds is 7. The molecule has 1 unspecified atom stereocenters. The lowest BCUT2D eigenvalue weighted by molar-refractivity contribution is -0.142. The number of ether oxygens (including phenoxy) is 1. The van der Waals surface area contributed by atoms with Crippen molar-refractivity contribution in [3.05, 3.63) is 29.8 Å². The zero-order valence-corrected chi connectivity index (χ0v) is 11.2. The molecule has 100 valence electrons. The Bertz CT molecular complexity index is 390. The number of carbonyl (C=O) groups is 1. The fourth-order valence-corrected chi connectivity index (χ4v) is 1.72. The highest BCUT2D eigenvalue weighted by molar-refractivity contribution is 5.74. The zero-order valence-electron chi connectivity index (χ0n) is 11.2. The highest BCUT2D eigenvalue weighted by atomic mass is 16.5. The molecule has 0 spiro atoms. The number of likely N-dealkylation sites (N-methyl/N-ethyl adjacent to an activating group) is 1. The summed E-state index contributed by atoms with van der Waals surface area (Å²) in [6.07, 6.45) is 1.38. The third-order valence-electron chi connectivity index (χ3n) is 2.76. The van der Waals surface area contributed by atoms with Gasteiger partial charge in [0.2, 0.25) is 0 Å². The number of hydrogen-bond donors (Lipinski definition) is 1. The van der Waals surface area contributed by atoms with Crippen LogP contribution in [-0.4, -0.2) is 42.7 Å². The van der Waals surface area contributed by atoms with E-state index in [1.807, 2.05) is 31.2 Å². The first-order valence-electron chi connectivity index (χ1n) is 6.16. The van der Waals surface area contributed by atoms with Crippen LogP contribution in [0.25, 0.3) is 0 Å². The van der Waals surface area contributed by atoms with E-state index < -0.39 is 12.0 Å². The van der Waals surface area contributed by atoms with Crippen LogP contribution in [0.15, 0.2) is 24.3 Å². The van der Waals surface area contributed by atoms with Gasteiger partial charge in [-0.05, 0) is 32.1 Å². The molecular weight excluding hydrogens is 230 g/mol. The fraction of sp³-hybridized carbons (Fsp3) is 0.500. The Labute approximate surface area is 108 Å². The molecule has 0 saturated heterocycles. The number of para-hydroxylation sites is 1. The monoisotopic (exact) mass is 251 g/mol. The minimum atomic E-state index is -0.815. The zero-order chi connectivity index (χ0) is 13.5. The lowest BCUT2D eigenvalue weighted by atomic mass is 10.0. The Morgan fingerprint density at radius 3 is 2.61 bits per heavy atom. The number of nitrogens with zero attached hydrogens (tertiary/aromatic N) is 1. The van der Waals surface area contributed by atoms with Crippen LogP contribution in [0.4, 0.5) is 0 Å². The SMILES string of the molecule is CCCOc1ccccc1CC(C(=O)O)N(C)C. The molecule has 0 aromatic heterocycles. The first-order valence-corrected chi connectivity index (χ1v) is 6.16. The number of carboxylic acid groups (broad SMARTS) is 1. The van der Waals surface area contributed by atoms with Gasteiger partial charge in [-0.1, -0.05) is 25.1 Å². The summed E-state index contributed by atoms with van der Waals surface area (Å²) in [6, 6.07) is 7.09. The maximum absolute atomic E-state index is 11.2. The van der Waals surface area contributed by atoms with Crippen molar-refractivity contribution in [3.63, 3.8) is 0 Å². The van der Waals surface area contributed by atoms with E-state index in [2.05, 4.69) is 0 Å². The third kappa shape index (κ3) is 4.04. The van der Waals surface area contributed by atoms with Crippen LogP contribution in [0.1, 0.15) is 18.9 Å². The molecule has 0 saturated carbocycles. The predicted molar refractivity (Wildman–Crippen MR) is 71.0 cm³/mol. The van der Waals surface area contributed by atoms with E-state index in [4.69, 9.17) is 4.74 Å². The second-order valence-electron chi connectivity index (χ2n) is 4.48. The lowest BCUT2D eigenvalue weighted by Gasteiger charge is -2.21. The van der Waals surface area contributed by atoms with Crippen molar-refractivity contribution in [2.45, 2.75) is 25.8 Å². The molecule has 0 radical (unpaired) electrons. The molecule has 1 aromatic rings. The smallest absolute Gasteiger partial charge is 0.321 e. The van der Waals surface area contributed by atoms with Crippen molar-refractivity contribution < 1.29 is 14.6 Å². The number of benzene rings is 1. The summed E-state index contributed by atoms with van der Waals surface area (Å²) >= 11 is 0. The van der Waals surface area contributed by atoms with Crippen molar-refractivity contribution in [3.8, 4) is 5.75 Å². The molecule has 4 nitrogen and oxygen atoms in total. The van der Waals surface area contributed by atoms with Crippen molar-refractivity contribution in [2.75, 3.05) is 20.7 Å². The topological polar surface area (TPSA) is 49.8 Å². The lowest BCUT2D eigenvalue weighted by Crippen LogP contribution is -2.37. The molecule has 1 rings (SSSR count). The fourth-order valence-electron chi connectivity index (χ4n) is 1.72. The molecule has 1 N–H and O–H groups in total. The largest absolute Gasteiger partial charge is 0.493 e. The van der Waals surface area contributed by atoms with Gasteiger partial charge in [-0.2, -0.15) is 0 Å². The van der Waals surface area contributed by atoms with E-state index >= 15 is 0 Å². The summed E-state index contributed by atoms with van der Waals surface area (Å²) in [5, 5.41) is 9.19. The number of hydrogen-bond acceptors (Lipinski definition) is 3. The van der Waals surface area contributed by atoms with Gasteiger partial charge in [0.05, 0.1) is 6.61 Å². The van der Waals surface area contributed by atoms with Gasteiger partial charge in [0.15, 0.2) is 0 Å². The molecule has 0 bridgehead atoms. The first kappa shape index (κ1) is 14.5. The normalized spacial score (nSPS) is 12.4. The molecule has 0 aliphatic rings. The summed E-state index contributed by atoms with van der Waals surface area (Å²) in [5.74, 6) is -0.0299. The standard InChI is InChI=1S/C14H21NO3/c1-4-9-18-13-8-6-5-7-11(13)10-12(14(16)17)15(2)3/h5-8,12H,4,9-10H2,1-3H3,(H,16,17). The van der Waals surface area contributed by atoms with Gasteiger partial charge < -0.3 is 9.84 Å². The molecule has 1 aromatic carbocycles. The minimum Gasteiger partial charge on any atom is -0.493 e. The summed E-state index contributed by atoms with van der Waals surface area (Å²) in [7, 11) is 3.54. The molecule has 0 heterocycles. The van der Waals surface area contributed by atoms with Gasteiger partial charge in [0.25, 0.3) is 0 Å². The average molecular weight is 251 g/mol. The molecule has 18 heavy (non-hydrogen) atoms. The van der Waals surface area contributed by atoms with Crippen LogP contribution in [0.2, 0.25) is 0 Å². The van der Waals surface area contributed by atoms with E-state index in [1.165, 1.54) is 0 Å². The molecule has 0 aliphatic carbocycles. The van der Waals surface area contributed by atoms with E-state index in [-0.39, 0.29) is 0 Å². The van der Waals surface area contributed by atoms with Crippen molar-refractivity contribution >= 4 is 5.97 Å². The Hall–Kier alpha value is -1.55. The quantitative estimate of drug-likeness (QED) is 0.805. The van der Waals surface area contributed by atoms with Gasteiger partial charge in [-0.3, -0.25) is 9.69 Å². The van der Waals surface area contributed by atoms with Gasteiger partial charge in [-0.15, -0.1) is 0 Å². The van der Waals surface area contributed by atoms with Crippen LogP contribution >= 0.6 is 0 Å². The average Bonchev–Trinajstić information content (AvgIpc) is 2.33. The van der Waals surface area contributed by atoms with Gasteiger partial charge >= 0.3 is 5.97 Å². The summed E-state index contributed by atoms with van der Waals surface area (Å²) in [4.78, 5) is 12.9. The molecule has 4 heteroatoms. The molecular formula is C14H21NO3. The Balaban J connectivity index is 2.84. The van der Waals surface area contributed by atoms with E-state index in [9.17, 15) is 9.90 Å². The highest BCUT2D eigenvalue weighted by Gasteiger charge is 2.21. The third-order valence-corrected chi connectivity index (χ3v) is 2.76. The van der Waals surface area contributed by atoms with Gasteiger partial charge in [0.1, 0.15) is 11.8 Å².